The molecule has 2 aromatic heterocycles. The zero-order valence-electron chi connectivity index (χ0n) is 9.97. The van der Waals surface area contributed by atoms with Gasteiger partial charge in [0.25, 0.3) is 5.56 Å². The summed E-state index contributed by atoms with van der Waals surface area (Å²) in [4.78, 5) is 16.3. The van der Waals surface area contributed by atoms with E-state index in [0.29, 0.717) is 11.6 Å². The van der Waals surface area contributed by atoms with Gasteiger partial charge in [-0.05, 0) is 44.0 Å². The highest BCUT2D eigenvalue weighted by atomic mass is 16.3. The van der Waals surface area contributed by atoms with Crippen LogP contribution in [-0.4, -0.2) is 27.6 Å². The van der Waals surface area contributed by atoms with Gasteiger partial charge < -0.3 is 10.4 Å². The molecule has 0 aromatic carbocycles. The Balaban J connectivity index is 2.03. The molecule has 94 valence electrons. The molecular formula is C13H15N3O2. The molecule has 1 atom stereocenters. The molecular weight excluding hydrogens is 230 g/mol. The van der Waals surface area contributed by atoms with Crippen LogP contribution in [0.5, 0.6) is 5.75 Å². The number of hydrogen-bond acceptors (Lipinski definition) is 4. The van der Waals surface area contributed by atoms with Crippen molar-refractivity contribution < 1.29 is 5.11 Å². The molecule has 1 aliphatic heterocycles. The average Bonchev–Trinajstić information content (AvgIpc) is 2.83. The molecule has 3 heterocycles. The maximum absolute atomic E-state index is 11.9. The van der Waals surface area contributed by atoms with E-state index in [1.54, 1.807) is 24.4 Å². The van der Waals surface area contributed by atoms with Crippen LogP contribution in [-0.2, 0) is 6.42 Å². The Morgan fingerprint density at radius 2 is 2.44 bits per heavy atom. The predicted octanol–water partition coefficient (Wildman–Crippen LogP) is 0.552. The minimum Gasteiger partial charge on any atom is -0.504 e. The summed E-state index contributed by atoms with van der Waals surface area (Å²) in [6, 6.07) is 4.74. The average molecular weight is 245 g/mol. The Bertz CT molecular complexity index is 630. The lowest BCUT2D eigenvalue weighted by Gasteiger charge is -2.09. The molecule has 2 aromatic rings. The first-order chi connectivity index (χ1) is 8.74. The fraction of sp³-hybridized carbons (Fsp3) is 0.385. The van der Waals surface area contributed by atoms with Crippen LogP contribution < -0.4 is 10.9 Å². The number of aromatic hydroxyl groups is 1. The van der Waals surface area contributed by atoms with E-state index in [9.17, 15) is 9.90 Å². The van der Waals surface area contributed by atoms with Gasteiger partial charge in [-0.25, -0.2) is 4.98 Å². The lowest BCUT2D eigenvalue weighted by molar-refractivity contribution is 0.476. The van der Waals surface area contributed by atoms with E-state index < -0.39 is 0 Å². The zero-order valence-corrected chi connectivity index (χ0v) is 9.97. The zero-order chi connectivity index (χ0) is 12.5. The first-order valence-corrected chi connectivity index (χ1v) is 6.15. The molecule has 1 saturated heterocycles. The first kappa shape index (κ1) is 11.2. The van der Waals surface area contributed by atoms with Gasteiger partial charge in [-0.1, -0.05) is 0 Å². The third-order valence-corrected chi connectivity index (χ3v) is 3.38. The van der Waals surface area contributed by atoms with Gasteiger partial charge in [-0.15, -0.1) is 0 Å². The molecule has 2 N–H and O–H groups in total. The van der Waals surface area contributed by atoms with Crippen LogP contribution >= 0.6 is 0 Å². The number of nitrogens with one attached hydrogen (secondary N) is 1. The van der Waals surface area contributed by atoms with Crippen LogP contribution in [0.4, 0.5) is 0 Å². The number of pyridine rings is 1. The van der Waals surface area contributed by atoms with Crippen molar-refractivity contribution >= 4 is 5.65 Å². The Kier molecular flexibility index (Phi) is 2.76. The Morgan fingerprint density at radius 3 is 3.22 bits per heavy atom. The van der Waals surface area contributed by atoms with Crippen LogP contribution in [0, 0.1) is 5.92 Å². The lowest BCUT2D eigenvalue weighted by Crippen LogP contribution is -2.18. The maximum Gasteiger partial charge on any atom is 0.258 e. The van der Waals surface area contributed by atoms with Crippen molar-refractivity contribution in [1.82, 2.24) is 14.7 Å². The van der Waals surface area contributed by atoms with Gasteiger partial charge in [0.2, 0.25) is 0 Å². The van der Waals surface area contributed by atoms with Crippen molar-refractivity contribution in [2.24, 2.45) is 5.92 Å². The van der Waals surface area contributed by atoms with Crippen LogP contribution in [0.25, 0.3) is 5.65 Å². The van der Waals surface area contributed by atoms with Gasteiger partial charge >= 0.3 is 0 Å². The summed E-state index contributed by atoms with van der Waals surface area (Å²) in [7, 11) is 0. The van der Waals surface area contributed by atoms with Crippen molar-refractivity contribution in [2.45, 2.75) is 12.8 Å². The highest BCUT2D eigenvalue weighted by Gasteiger charge is 2.16. The second-order valence-corrected chi connectivity index (χ2v) is 4.74. The van der Waals surface area contributed by atoms with Crippen molar-refractivity contribution in [3.63, 3.8) is 0 Å². The van der Waals surface area contributed by atoms with E-state index in [4.69, 9.17) is 0 Å². The summed E-state index contributed by atoms with van der Waals surface area (Å²) in [6.07, 6.45) is 3.51. The van der Waals surface area contributed by atoms with Crippen molar-refractivity contribution in [3.05, 3.63) is 40.4 Å². The van der Waals surface area contributed by atoms with E-state index in [1.807, 2.05) is 0 Å². The third kappa shape index (κ3) is 1.97. The highest BCUT2D eigenvalue weighted by molar-refractivity contribution is 5.52. The molecule has 1 aliphatic rings. The summed E-state index contributed by atoms with van der Waals surface area (Å²) in [5.41, 5.74) is 0.956. The van der Waals surface area contributed by atoms with Crippen LogP contribution in [0.15, 0.2) is 29.2 Å². The Hall–Kier alpha value is -1.88. The molecule has 1 unspecified atom stereocenters. The summed E-state index contributed by atoms with van der Waals surface area (Å²) < 4.78 is 1.37. The summed E-state index contributed by atoms with van der Waals surface area (Å²) in [5.74, 6) is 0.575. The smallest absolute Gasteiger partial charge is 0.258 e. The largest absolute Gasteiger partial charge is 0.504 e. The van der Waals surface area contributed by atoms with Gasteiger partial charge in [0.15, 0.2) is 11.4 Å². The number of aromatic nitrogens is 2. The van der Waals surface area contributed by atoms with Gasteiger partial charge in [0.1, 0.15) is 0 Å². The number of hydrogen-bond donors (Lipinski definition) is 2. The van der Waals surface area contributed by atoms with Crippen molar-refractivity contribution in [1.29, 1.82) is 0 Å². The molecule has 5 nitrogen and oxygen atoms in total. The van der Waals surface area contributed by atoms with E-state index in [-0.39, 0.29) is 11.3 Å². The van der Waals surface area contributed by atoms with E-state index in [0.717, 1.165) is 31.6 Å². The molecule has 0 spiro atoms. The SMILES string of the molecule is O=c1cc(CC2CCNC2)nc2c(O)cccn12. The number of fused-ring (bicyclic) bond motifs is 1. The molecule has 0 bridgehead atoms. The quantitative estimate of drug-likeness (QED) is 0.811. The summed E-state index contributed by atoms with van der Waals surface area (Å²) in [6.45, 7) is 2.00. The molecule has 3 rings (SSSR count). The van der Waals surface area contributed by atoms with Crippen LogP contribution in [0.3, 0.4) is 0 Å². The van der Waals surface area contributed by atoms with Gasteiger partial charge in [0.05, 0.1) is 0 Å². The minimum atomic E-state index is -0.142. The monoisotopic (exact) mass is 245 g/mol. The summed E-state index contributed by atoms with van der Waals surface area (Å²) >= 11 is 0. The van der Waals surface area contributed by atoms with E-state index >= 15 is 0 Å². The standard InChI is InChI=1S/C13H15N3O2/c17-11-2-1-5-16-12(18)7-10(15-13(11)16)6-9-3-4-14-8-9/h1-2,5,7,9,14,17H,3-4,6,8H2. The van der Waals surface area contributed by atoms with E-state index in [2.05, 4.69) is 10.3 Å². The topological polar surface area (TPSA) is 66.6 Å². The second-order valence-electron chi connectivity index (χ2n) is 4.74. The van der Waals surface area contributed by atoms with Crippen molar-refractivity contribution in [3.8, 4) is 5.75 Å². The molecule has 0 aliphatic carbocycles. The van der Waals surface area contributed by atoms with Crippen LogP contribution in [0.1, 0.15) is 12.1 Å². The van der Waals surface area contributed by atoms with Gasteiger partial charge in [-0.2, -0.15) is 0 Å². The third-order valence-electron chi connectivity index (χ3n) is 3.38. The maximum atomic E-state index is 11.9. The van der Waals surface area contributed by atoms with Crippen LogP contribution in [0.2, 0.25) is 0 Å². The molecule has 5 heteroatoms. The molecule has 0 radical (unpaired) electrons. The van der Waals surface area contributed by atoms with E-state index in [1.165, 1.54) is 4.40 Å². The predicted molar refractivity (Wildman–Crippen MR) is 67.8 cm³/mol. The molecule has 1 fully saturated rings. The lowest BCUT2D eigenvalue weighted by atomic mass is 10.0. The van der Waals surface area contributed by atoms with Crippen molar-refractivity contribution in [2.75, 3.05) is 13.1 Å². The minimum absolute atomic E-state index is 0.0426. The summed E-state index contributed by atoms with van der Waals surface area (Å²) in [5, 5.41) is 13.0. The fourth-order valence-corrected chi connectivity index (χ4v) is 2.45. The fourth-order valence-electron chi connectivity index (χ4n) is 2.45. The number of nitrogens with zero attached hydrogens (tertiary/aromatic N) is 2. The molecule has 0 amide bonds. The normalized spacial score (nSPS) is 19.4. The van der Waals surface area contributed by atoms with Gasteiger partial charge in [0, 0.05) is 18.0 Å². The first-order valence-electron chi connectivity index (χ1n) is 6.15. The van der Waals surface area contributed by atoms with Gasteiger partial charge in [-0.3, -0.25) is 9.20 Å². The molecule has 18 heavy (non-hydrogen) atoms. The second kappa shape index (κ2) is 4.42. The molecule has 0 saturated carbocycles. The number of rotatable bonds is 2. The highest BCUT2D eigenvalue weighted by Crippen LogP contribution is 2.17. The Morgan fingerprint density at radius 1 is 1.56 bits per heavy atom. The Labute approximate surface area is 104 Å².